The summed E-state index contributed by atoms with van der Waals surface area (Å²) in [5.74, 6) is -0.0726. The largest absolute Gasteiger partial charge is 0.481 e. The lowest BCUT2D eigenvalue weighted by molar-refractivity contribution is 0.256. The smallest absolute Gasteiger partial charge is 0.348 e. The lowest BCUT2D eigenvalue weighted by Crippen LogP contribution is -2.36. The van der Waals surface area contributed by atoms with E-state index < -0.39 is 26.7 Å². The fourth-order valence-electron chi connectivity index (χ4n) is 2.31. The van der Waals surface area contributed by atoms with Gasteiger partial charge in [0.1, 0.15) is 17.5 Å². The number of hydrogen-bond acceptors (Lipinski definition) is 9. The van der Waals surface area contributed by atoms with Gasteiger partial charge in [-0.25, -0.2) is 14.3 Å². The Morgan fingerprint density at radius 3 is 2.48 bits per heavy atom. The minimum absolute atomic E-state index is 0.0909. The maximum absolute atomic E-state index is 12.5. The number of carbonyl (C=O) groups is 1. The van der Waals surface area contributed by atoms with Crippen LogP contribution in [0.25, 0.3) is 11.3 Å². The first-order valence-corrected chi connectivity index (χ1v) is 8.70. The molecule has 0 unspecified atom stereocenters. The molecular formula is C13H14N6O7S. The Kier molecular flexibility index (Phi) is 4.49. The number of methoxy groups -OCH3 is 2. The van der Waals surface area contributed by atoms with Crippen LogP contribution >= 0.6 is 0 Å². The van der Waals surface area contributed by atoms with Gasteiger partial charge < -0.3 is 13.9 Å². The number of hydrogen-bond donors (Lipinski definition) is 3. The number of amides is 2. The quantitative estimate of drug-likeness (QED) is 0.523. The van der Waals surface area contributed by atoms with Crippen LogP contribution in [0.1, 0.15) is 0 Å². The molecule has 144 valence electrons. The van der Waals surface area contributed by atoms with E-state index in [4.69, 9.17) is 9.47 Å². The van der Waals surface area contributed by atoms with Gasteiger partial charge >= 0.3 is 11.7 Å². The van der Waals surface area contributed by atoms with Crippen molar-refractivity contribution in [3.8, 4) is 23.0 Å². The third kappa shape index (κ3) is 3.41. The number of carbonyl (C=O) groups excluding carboxylic acids is 1. The maximum Gasteiger partial charge on any atom is 0.348 e. The lowest BCUT2D eigenvalue weighted by atomic mass is 10.3. The molecular weight excluding hydrogens is 384 g/mol. The van der Waals surface area contributed by atoms with Gasteiger partial charge in [0, 0.05) is 7.05 Å². The summed E-state index contributed by atoms with van der Waals surface area (Å²) < 4.78 is 42.4. The summed E-state index contributed by atoms with van der Waals surface area (Å²) in [5.41, 5.74) is -0.898. The van der Waals surface area contributed by atoms with Crippen LogP contribution in [0.4, 0.5) is 10.7 Å². The number of aryl methyl sites for hydroxylation is 1. The minimum Gasteiger partial charge on any atom is -0.481 e. The van der Waals surface area contributed by atoms with E-state index in [0.29, 0.717) is 0 Å². The Hall–Kier alpha value is -3.55. The van der Waals surface area contributed by atoms with Crippen LogP contribution in [-0.4, -0.2) is 48.4 Å². The summed E-state index contributed by atoms with van der Waals surface area (Å²) >= 11 is 0. The number of fused-ring (bicyclic) bond motifs is 1. The van der Waals surface area contributed by atoms with E-state index in [9.17, 15) is 18.0 Å². The second kappa shape index (κ2) is 6.64. The van der Waals surface area contributed by atoms with E-state index >= 15 is 0 Å². The number of aromatic nitrogens is 4. The average molecular weight is 398 g/mol. The molecule has 0 fully saturated rings. The molecule has 0 bridgehead atoms. The van der Waals surface area contributed by atoms with Crippen molar-refractivity contribution in [3.05, 3.63) is 22.7 Å². The SMILES string of the molecule is COc1cc(OC)nc(NC(=O)NS(=O)(=O)c2c3c(=O)occ-3[nH]n2C)n1. The van der Waals surface area contributed by atoms with E-state index in [1.165, 1.54) is 27.3 Å². The molecule has 0 radical (unpaired) electrons. The van der Waals surface area contributed by atoms with Crippen molar-refractivity contribution in [3.63, 3.8) is 0 Å². The van der Waals surface area contributed by atoms with E-state index in [2.05, 4.69) is 24.8 Å². The monoisotopic (exact) mass is 398 g/mol. The molecule has 3 rings (SSSR count). The Balaban J connectivity index is 1.86. The zero-order valence-electron chi connectivity index (χ0n) is 14.3. The molecule has 2 aliphatic heterocycles. The zero-order chi connectivity index (χ0) is 19.8. The molecule has 2 amide bonds. The van der Waals surface area contributed by atoms with Gasteiger partial charge in [-0.3, -0.25) is 15.1 Å². The second-order valence-corrected chi connectivity index (χ2v) is 6.72. The van der Waals surface area contributed by atoms with Gasteiger partial charge in [0.05, 0.1) is 20.3 Å². The fourth-order valence-corrected chi connectivity index (χ4v) is 3.57. The van der Waals surface area contributed by atoms with Crippen molar-refractivity contribution in [1.82, 2.24) is 24.5 Å². The van der Waals surface area contributed by atoms with Crippen LogP contribution in [-0.2, 0) is 17.1 Å². The summed E-state index contributed by atoms with van der Waals surface area (Å²) in [7, 11) is -0.371. The van der Waals surface area contributed by atoms with Gasteiger partial charge in [0.25, 0.3) is 10.0 Å². The van der Waals surface area contributed by atoms with Crippen molar-refractivity contribution in [2.24, 2.45) is 7.05 Å². The maximum atomic E-state index is 12.5. The van der Waals surface area contributed by atoms with Gasteiger partial charge in [0.2, 0.25) is 17.7 Å². The molecule has 0 aliphatic carbocycles. The normalized spacial score (nSPS) is 11.4. The molecule has 0 saturated heterocycles. The van der Waals surface area contributed by atoms with Crippen molar-refractivity contribution in [1.29, 1.82) is 0 Å². The number of rotatable bonds is 5. The van der Waals surface area contributed by atoms with Crippen LogP contribution < -0.4 is 25.1 Å². The van der Waals surface area contributed by atoms with Gasteiger partial charge in [-0.1, -0.05) is 0 Å². The zero-order valence-corrected chi connectivity index (χ0v) is 15.1. The highest BCUT2D eigenvalue weighted by Crippen LogP contribution is 2.25. The Bertz CT molecular complexity index is 1110. The summed E-state index contributed by atoms with van der Waals surface area (Å²) in [6.45, 7) is 0. The molecule has 3 N–H and O–H groups in total. The molecule has 27 heavy (non-hydrogen) atoms. The molecule has 1 aromatic rings. The number of urea groups is 1. The third-order valence-electron chi connectivity index (χ3n) is 3.37. The number of nitrogens with one attached hydrogen (secondary N) is 3. The number of nitrogens with zero attached hydrogens (tertiary/aromatic N) is 3. The minimum atomic E-state index is -4.43. The lowest BCUT2D eigenvalue weighted by Gasteiger charge is -2.09. The van der Waals surface area contributed by atoms with Gasteiger partial charge in [0.15, 0.2) is 5.03 Å². The highest BCUT2D eigenvalue weighted by molar-refractivity contribution is 7.90. The first-order valence-electron chi connectivity index (χ1n) is 7.22. The first kappa shape index (κ1) is 18.2. The van der Waals surface area contributed by atoms with Gasteiger partial charge in [-0.15, -0.1) is 0 Å². The highest BCUT2D eigenvalue weighted by atomic mass is 32.2. The van der Waals surface area contributed by atoms with E-state index in [1.54, 1.807) is 4.72 Å². The number of H-pyrrole nitrogens is 1. The van der Waals surface area contributed by atoms with Crippen LogP contribution in [0.15, 0.2) is 26.6 Å². The topological polar surface area (TPSA) is 170 Å². The number of sulfonamides is 1. The predicted molar refractivity (Wildman–Crippen MR) is 89.4 cm³/mol. The summed E-state index contributed by atoms with van der Waals surface area (Å²) in [5, 5.41) is 4.31. The average Bonchev–Trinajstić information content (AvgIpc) is 3.12. The summed E-state index contributed by atoms with van der Waals surface area (Å²) in [6, 6.07) is 0.209. The van der Waals surface area contributed by atoms with Crippen LogP contribution in [0, 0.1) is 0 Å². The molecule has 0 spiro atoms. The number of aromatic amines is 1. The molecule has 1 aromatic heterocycles. The number of ether oxygens (including phenoxy) is 2. The second-order valence-electron chi connectivity index (χ2n) is 5.12. The summed E-state index contributed by atoms with van der Waals surface area (Å²) in [6.07, 6.45) is 1.08. The Labute approximate surface area is 151 Å². The molecule has 0 aromatic carbocycles. The van der Waals surface area contributed by atoms with E-state index in [1.807, 2.05) is 0 Å². The Morgan fingerprint density at radius 2 is 1.89 bits per heavy atom. The van der Waals surface area contributed by atoms with E-state index in [-0.39, 0.29) is 29.0 Å². The van der Waals surface area contributed by atoms with Gasteiger partial charge in [-0.2, -0.15) is 18.4 Å². The van der Waals surface area contributed by atoms with Crippen molar-refractivity contribution in [2.75, 3.05) is 19.5 Å². The first-order chi connectivity index (χ1) is 12.7. The highest BCUT2D eigenvalue weighted by Gasteiger charge is 2.31. The van der Waals surface area contributed by atoms with E-state index in [0.717, 1.165) is 10.9 Å². The van der Waals surface area contributed by atoms with Crippen molar-refractivity contribution in [2.45, 2.75) is 5.03 Å². The van der Waals surface area contributed by atoms with Gasteiger partial charge in [-0.05, 0) is 0 Å². The van der Waals surface area contributed by atoms with Crippen LogP contribution in [0.5, 0.6) is 11.8 Å². The van der Waals surface area contributed by atoms with Crippen LogP contribution in [0.2, 0.25) is 0 Å². The van der Waals surface area contributed by atoms with Crippen LogP contribution in [0.3, 0.4) is 0 Å². The molecule has 14 heteroatoms. The standard InChI is InChI=1S/C13H14N6O7S/c1-19-10(9-6(17-19)5-26-11(9)20)27(22,23)18-13(21)16-12-14-7(24-2)4-8(15-12)25-3/h4-5,17H,1-3H3,(H2,14,15,16,18,21). The number of furan rings is 1. The molecule has 3 heterocycles. The van der Waals surface area contributed by atoms with Crippen molar-refractivity contribution >= 4 is 22.0 Å². The third-order valence-corrected chi connectivity index (χ3v) is 4.81. The fraction of sp³-hybridized carbons (Fsp3) is 0.231. The molecule has 0 atom stereocenters. The number of anilines is 1. The molecule has 2 aliphatic rings. The molecule has 0 saturated carbocycles. The van der Waals surface area contributed by atoms with Crippen molar-refractivity contribution < 1.29 is 27.1 Å². The Morgan fingerprint density at radius 1 is 1.26 bits per heavy atom. The predicted octanol–water partition coefficient (Wildman–Crippen LogP) is -0.271. The summed E-state index contributed by atoms with van der Waals surface area (Å²) in [4.78, 5) is 31.5. The molecule has 13 nitrogen and oxygen atoms in total.